The molecule has 2 aromatic rings. The number of anilines is 1. The van der Waals surface area contributed by atoms with E-state index in [-0.39, 0.29) is 24.8 Å². The highest BCUT2D eigenvalue weighted by atomic mass is 35.5. The van der Waals surface area contributed by atoms with Crippen molar-refractivity contribution in [2.45, 2.75) is 31.2 Å². The Morgan fingerprint density at radius 3 is 2.36 bits per heavy atom. The van der Waals surface area contributed by atoms with Crippen LogP contribution in [0.25, 0.3) is 0 Å². The van der Waals surface area contributed by atoms with Gasteiger partial charge in [-0.1, -0.05) is 13.0 Å². The minimum absolute atomic E-state index is 0. The molecular weight excluding hydrogens is 398 g/mol. The van der Waals surface area contributed by atoms with Crippen LogP contribution in [0.4, 0.5) is 5.69 Å². The summed E-state index contributed by atoms with van der Waals surface area (Å²) in [5, 5.41) is 10.7. The van der Waals surface area contributed by atoms with Crippen LogP contribution in [0, 0.1) is 5.41 Å². The molecule has 8 heteroatoms. The molecule has 0 radical (unpaired) electrons. The Kier molecular flexibility index (Phi) is 9.15. The fourth-order valence-corrected chi connectivity index (χ4v) is 3.28. The molecule has 0 aliphatic carbocycles. The molecule has 0 saturated carbocycles. The van der Waals surface area contributed by atoms with Gasteiger partial charge in [0.1, 0.15) is 11.6 Å². The van der Waals surface area contributed by atoms with E-state index in [0.29, 0.717) is 21.7 Å². The zero-order valence-corrected chi connectivity index (χ0v) is 17.8. The molecule has 0 aliphatic heterocycles. The van der Waals surface area contributed by atoms with Crippen LogP contribution >= 0.6 is 25.0 Å². The number of hydrogen-bond donors (Lipinski definition) is 4. The maximum atomic E-state index is 12.6. The molecule has 0 fully saturated rings. The van der Waals surface area contributed by atoms with Crippen LogP contribution in [-0.2, 0) is 16.0 Å². The average molecular weight is 424 g/mol. The van der Waals surface area contributed by atoms with Crippen molar-refractivity contribution >= 4 is 42.5 Å². The second-order valence-corrected chi connectivity index (χ2v) is 6.31. The first-order chi connectivity index (χ1) is 12.9. The molecule has 2 aromatic carbocycles. The molecule has 1 unspecified atom stereocenters. The van der Waals surface area contributed by atoms with Crippen LogP contribution in [0.5, 0.6) is 5.75 Å². The standard InChI is InChI=1S/C20H25N3O3S.ClH/c1-4-14-16(25-3)11-10-15(18(14)27)17(20(24)26-5-2)23-13-8-6-12(7-9-13)19(21)22;/h6-11,17,23,27H,4-5H2,1-3H3,(H3,21,22);1H. The number of nitrogens with two attached hydrogens (primary N) is 1. The van der Waals surface area contributed by atoms with E-state index >= 15 is 0 Å². The smallest absolute Gasteiger partial charge is 0.333 e. The SMILES string of the molecule is CCOC(=O)C(Nc1ccc(C(=N)N)cc1)c1ccc(OC)c(CC)c1S.Cl. The molecule has 6 nitrogen and oxygen atoms in total. The summed E-state index contributed by atoms with van der Waals surface area (Å²) in [7, 11) is 1.61. The van der Waals surface area contributed by atoms with Gasteiger partial charge in [-0.25, -0.2) is 4.79 Å². The van der Waals surface area contributed by atoms with Crippen molar-refractivity contribution in [1.82, 2.24) is 0 Å². The molecule has 0 spiro atoms. The van der Waals surface area contributed by atoms with Crippen molar-refractivity contribution < 1.29 is 14.3 Å². The van der Waals surface area contributed by atoms with Gasteiger partial charge in [0, 0.05) is 21.7 Å². The maximum Gasteiger partial charge on any atom is 0.333 e. The van der Waals surface area contributed by atoms with Gasteiger partial charge < -0.3 is 20.5 Å². The Labute approximate surface area is 177 Å². The molecule has 0 aliphatic rings. The van der Waals surface area contributed by atoms with Gasteiger partial charge in [-0.3, -0.25) is 5.41 Å². The van der Waals surface area contributed by atoms with E-state index in [9.17, 15) is 4.79 Å². The van der Waals surface area contributed by atoms with Crippen LogP contribution in [0.15, 0.2) is 41.3 Å². The highest BCUT2D eigenvalue weighted by Crippen LogP contribution is 2.34. The lowest BCUT2D eigenvalue weighted by atomic mass is 10.0. The summed E-state index contributed by atoms with van der Waals surface area (Å²) in [5.74, 6) is 0.333. The third-order valence-corrected chi connectivity index (χ3v) is 4.71. The maximum absolute atomic E-state index is 12.6. The van der Waals surface area contributed by atoms with Crippen molar-refractivity contribution in [1.29, 1.82) is 5.41 Å². The van der Waals surface area contributed by atoms with Gasteiger partial charge in [-0.15, -0.1) is 25.0 Å². The number of nitrogens with one attached hydrogen (secondary N) is 2. The van der Waals surface area contributed by atoms with Crippen LogP contribution in [-0.4, -0.2) is 25.5 Å². The predicted molar refractivity (Wildman–Crippen MR) is 117 cm³/mol. The Morgan fingerprint density at radius 1 is 1.21 bits per heavy atom. The molecule has 152 valence electrons. The van der Waals surface area contributed by atoms with Gasteiger partial charge in [0.05, 0.1) is 13.7 Å². The first-order valence-electron chi connectivity index (χ1n) is 8.69. The quantitative estimate of drug-likeness (QED) is 0.223. The van der Waals surface area contributed by atoms with Crippen molar-refractivity contribution in [3.63, 3.8) is 0 Å². The molecular formula is C20H26ClN3O3S. The number of rotatable bonds is 8. The minimum Gasteiger partial charge on any atom is -0.496 e. The first kappa shape index (κ1) is 23.7. The van der Waals surface area contributed by atoms with Gasteiger partial charge in [0.2, 0.25) is 0 Å². The molecule has 0 bridgehead atoms. The summed E-state index contributed by atoms with van der Waals surface area (Å²) in [6.45, 7) is 4.05. The zero-order chi connectivity index (χ0) is 20.0. The summed E-state index contributed by atoms with van der Waals surface area (Å²) in [4.78, 5) is 13.3. The topological polar surface area (TPSA) is 97.4 Å². The van der Waals surface area contributed by atoms with Crippen LogP contribution in [0.1, 0.15) is 36.6 Å². The minimum atomic E-state index is -0.725. The number of carbonyl (C=O) groups excluding carboxylic acids is 1. The van der Waals surface area contributed by atoms with Gasteiger partial charge >= 0.3 is 5.97 Å². The number of hydrogen-bond acceptors (Lipinski definition) is 6. The first-order valence-corrected chi connectivity index (χ1v) is 9.13. The number of carbonyl (C=O) groups is 1. The van der Waals surface area contributed by atoms with Crippen LogP contribution in [0.2, 0.25) is 0 Å². The molecule has 0 aromatic heterocycles. The van der Waals surface area contributed by atoms with Crippen LogP contribution in [0.3, 0.4) is 0 Å². The molecule has 2 rings (SSSR count). The lowest BCUT2D eigenvalue weighted by molar-refractivity contribution is -0.144. The fourth-order valence-electron chi connectivity index (χ4n) is 2.80. The van der Waals surface area contributed by atoms with E-state index in [2.05, 4.69) is 17.9 Å². The monoisotopic (exact) mass is 423 g/mol. The zero-order valence-electron chi connectivity index (χ0n) is 16.1. The molecule has 28 heavy (non-hydrogen) atoms. The number of halogens is 1. The Bertz CT molecular complexity index is 828. The summed E-state index contributed by atoms with van der Waals surface area (Å²) in [6.07, 6.45) is 0.721. The molecule has 0 saturated heterocycles. The van der Waals surface area contributed by atoms with Gasteiger partial charge in [0.15, 0.2) is 6.04 Å². The number of ether oxygens (including phenoxy) is 2. The van der Waals surface area contributed by atoms with Crippen molar-refractivity contribution in [3.05, 3.63) is 53.1 Å². The van der Waals surface area contributed by atoms with Gasteiger partial charge in [-0.05, 0) is 49.2 Å². The molecule has 0 amide bonds. The summed E-state index contributed by atoms with van der Waals surface area (Å²) >= 11 is 4.65. The van der Waals surface area contributed by atoms with Crippen molar-refractivity contribution in [2.24, 2.45) is 5.73 Å². The normalized spacial score (nSPS) is 11.1. The van der Waals surface area contributed by atoms with E-state index in [0.717, 1.165) is 17.7 Å². The number of esters is 1. The number of thiol groups is 1. The molecule has 1 atom stereocenters. The lowest BCUT2D eigenvalue weighted by Gasteiger charge is -2.22. The summed E-state index contributed by atoms with van der Waals surface area (Å²) in [5.41, 5.74) is 8.45. The Balaban J connectivity index is 0.00000392. The fraction of sp³-hybridized carbons (Fsp3) is 0.300. The van der Waals surface area contributed by atoms with E-state index in [1.165, 1.54) is 0 Å². The van der Waals surface area contributed by atoms with Crippen molar-refractivity contribution in [3.8, 4) is 5.75 Å². The van der Waals surface area contributed by atoms with E-state index in [1.54, 1.807) is 38.3 Å². The van der Waals surface area contributed by atoms with Gasteiger partial charge in [0.25, 0.3) is 0 Å². The number of methoxy groups -OCH3 is 1. The van der Waals surface area contributed by atoms with Crippen LogP contribution < -0.4 is 15.8 Å². The second kappa shape index (κ2) is 10.8. The number of benzene rings is 2. The Hall–Kier alpha value is -2.38. The lowest BCUT2D eigenvalue weighted by Crippen LogP contribution is -2.24. The highest BCUT2D eigenvalue weighted by molar-refractivity contribution is 7.80. The predicted octanol–water partition coefficient (Wildman–Crippen LogP) is 3.97. The largest absolute Gasteiger partial charge is 0.496 e. The van der Waals surface area contributed by atoms with E-state index in [4.69, 9.17) is 20.6 Å². The third kappa shape index (κ3) is 5.33. The summed E-state index contributed by atoms with van der Waals surface area (Å²) < 4.78 is 10.7. The van der Waals surface area contributed by atoms with E-state index in [1.807, 2.05) is 19.1 Å². The van der Waals surface area contributed by atoms with E-state index < -0.39 is 12.0 Å². The second-order valence-electron chi connectivity index (χ2n) is 5.86. The molecule has 0 heterocycles. The average Bonchev–Trinajstić information content (AvgIpc) is 2.66. The highest BCUT2D eigenvalue weighted by Gasteiger charge is 2.26. The Morgan fingerprint density at radius 2 is 1.86 bits per heavy atom. The number of nitrogen functional groups attached to an aromatic ring is 1. The summed E-state index contributed by atoms with van der Waals surface area (Å²) in [6, 6.07) is 9.91. The number of amidine groups is 1. The van der Waals surface area contributed by atoms with Gasteiger partial charge in [-0.2, -0.15) is 0 Å². The third-order valence-electron chi connectivity index (χ3n) is 4.18. The molecule has 4 N–H and O–H groups in total. The van der Waals surface area contributed by atoms with Crippen molar-refractivity contribution in [2.75, 3.05) is 19.0 Å².